The summed E-state index contributed by atoms with van der Waals surface area (Å²) in [5.41, 5.74) is 2.47. The van der Waals surface area contributed by atoms with Crippen molar-refractivity contribution in [3.8, 4) is 6.07 Å². The molecule has 2 rings (SSSR count). The monoisotopic (exact) mass is 270 g/mol. The standard InChI is InChI=1S/C16H18N2O2/c1-10-5-6-11(2)13-12(10)14(19)15(20)18(13)8-7-16(3,4)9-17/h5-6H,7-8H2,1-4H3. The highest BCUT2D eigenvalue weighted by molar-refractivity contribution is 6.52. The van der Waals surface area contributed by atoms with Gasteiger partial charge in [0, 0.05) is 6.54 Å². The lowest BCUT2D eigenvalue weighted by Crippen LogP contribution is -2.33. The summed E-state index contributed by atoms with van der Waals surface area (Å²) in [6.45, 7) is 7.79. The van der Waals surface area contributed by atoms with Crippen LogP contribution in [0.25, 0.3) is 0 Å². The van der Waals surface area contributed by atoms with Crippen molar-refractivity contribution in [2.45, 2.75) is 34.1 Å². The smallest absolute Gasteiger partial charge is 0.299 e. The highest BCUT2D eigenvalue weighted by atomic mass is 16.2. The van der Waals surface area contributed by atoms with E-state index in [0.29, 0.717) is 24.2 Å². The van der Waals surface area contributed by atoms with Gasteiger partial charge in [-0.3, -0.25) is 9.59 Å². The molecule has 104 valence electrons. The Balaban J connectivity index is 2.39. The third-order valence-electron chi connectivity index (χ3n) is 3.79. The van der Waals surface area contributed by atoms with E-state index in [1.807, 2.05) is 39.8 Å². The van der Waals surface area contributed by atoms with Gasteiger partial charge in [0.2, 0.25) is 0 Å². The minimum absolute atomic E-state index is 0.391. The van der Waals surface area contributed by atoms with E-state index >= 15 is 0 Å². The zero-order valence-corrected chi connectivity index (χ0v) is 12.3. The van der Waals surface area contributed by atoms with Gasteiger partial charge in [0.15, 0.2) is 0 Å². The van der Waals surface area contributed by atoms with Crippen LogP contribution in [0.1, 0.15) is 41.8 Å². The zero-order valence-electron chi connectivity index (χ0n) is 12.3. The molecule has 4 heteroatoms. The minimum atomic E-state index is -0.510. The van der Waals surface area contributed by atoms with Crippen LogP contribution in [-0.2, 0) is 4.79 Å². The van der Waals surface area contributed by atoms with E-state index in [2.05, 4.69) is 6.07 Å². The highest BCUT2D eigenvalue weighted by Crippen LogP contribution is 2.35. The van der Waals surface area contributed by atoms with Crippen molar-refractivity contribution >= 4 is 17.4 Å². The predicted octanol–water partition coefficient (Wildman–Crippen LogP) is 2.77. The van der Waals surface area contributed by atoms with Crippen LogP contribution >= 0.6 is 0 Å². The molecular weight excluding hydrogens is 252 g/mol. The number of aryl methyl sites for hydroxylation is 2. The van der Waals surface area contributed by atoms with Gasteiger partial charge in [0.1, 0.15) is 0 Å². The number of carbonyl (C=O) groups is 2. The number of nitriles is 1. The highest BCUT2D eigenvalue weighted by Gasteiger charge is 2.38. The molecule has 0 fully saturated rings. The van der Waals surface area contributed by atoms with E-state index in [0.717, 1.165) is 11.1 Å². The fraction of sp³-hybridized carbons (Fsp3) is 0.438. The van der Waals surface area contributed by atoms with Gasteiger partial charge in [0.05, 0.1) is 22.7 Å². The van der Waals surface area contributed by atoms with Gasteiger partial charge in [-0.2, -0.15) is 5.26 Å². The Labute approximate surface area is 119 Å². The average Bonchev–Trinajstić information content (AvgIpc) is 2.66. The molecule has 0 atom stereocenters. The number of amides is 1. The van der Waals surface area contributed by atoms with Crippen molar-refractivity contribution in [3.05, 3.63) is 28.8 Å². The lowest BCUT2D eigenvalue weighted by atomic mass is 9.91. The summed E-state index contributed by atoms with van der Waals surface area (Å²) in [5.74, 6) is -0.915. The normalized spacial score (nSPS) is 14.4. The van der Waals surface area contributed by atoms with E-state index in [1.165, 1.54) is 4.90 Å². The Hall–Kier alpha value is -2.15. The van der Waals surface area contributed by atoms with Gasteiger partial charge in [-0.25, -0.2) is 0 Å². The number of nitrogens with zero attached hydrogens (tertiary/aromatic N) is 2. The number of fused-ring (bicyclic) bond motifs is 1. The van der Waals surface area contributed by atoms with Crippen LogP contribution in [-0.4, -0.2) is 18.2 Å². The van der Waals surface area contributed by atoms with E-state index in [-0.39, 0.29) is 0 Å². The number of ketones is 1. The summed E-state index contributed by atoms with van der Waals surface area (Å²) in [5, 5.41) is 9.06. The molecule has 1 heterocycles. The van der Waals surface area contributed by atoms with E-state index in [1.54, 1.807) is 0 Å². The van der Waals surface area contributed by atoms with Gasteiger partial charge in [-0.1, -0.05) is 12.1 Å². The Bertz CT molecular complexity index is 639. The van der Waals surface area contributed by atoms with E-state index < -0.39 is 17.1 Å². The third-order valence-corrected chi connectivity index (χ3v) is 3.79. The molecular formula is C16H18N2O2. The maximum absolute atomic E-state index is 12.2. The van der Waals surface area contributed by atoms with Crippen LogP contribution in [0.2, 0.25) is 0 Å². The SMILES string of the molecule is Cc1ccc(C)c2c1C(=O)C(=O)N2CCC(C)(C)C#N. The van der Waals surface area contributed by atoms with Crippen LogP contribution in [0.15, 0.2) is 12.1 Å². The summed E-state index contributed by atoms with van der Waals surface area (Å²) in [6, 6.07) is 6.00. The first-order valence-corrected chi connectivity index (χ1v) is 6.66. The van der Waals surface area contributed by atoms with Crippen molar-refractivity contribution in [1.29, 1.82) is 5.26 Å². The molecule has 0 aromatic heterocycles. The van der Waals surface area contributed by atoms with Crippen LogP contribution in [0.5, 0.6) is 0 Å². The van der Waals surface area contributed by atoms with Gasteiger partial charge in [-0.15, -0.1) is 0 Å². The molecule has 0 radical (unpaired) electrons. The summed E-state index contributed by atoms with van der Waals surface area (Å²) in [7, 11) is 0. The number of anilines is 1. The van der Waals surface area contributed by atoms with Gasteiger partial charge in [0.25, 0.3) is 11.7 Å². The molecule has 1 aliphatic heterocycles. The van der Waals surface area contributed by atoms with Crippen molar-refractivity contribution in [1.82, 2.24) is 0 Å². The minimum Gasteiger partial charge on any atom is -0.304 e. The molecule has 4 nitrogen and oxygen atoms in total. The zero-order chi connectivity index (χ0) is 15.1. The van der Waals surface area contributed by atoms with Crippen LogP contribution in [0, 0.1) is 30.6 Å². The molecule has 0 N–H and O–H groups in total. The van der Waals surface area contributed by atoms with Crippen molar-refractivity contribution in [3.63, 3.8) is 0 Å². The topological polar surface area (TPSA) is 61.2 Å². The van der Waals surface area contributed by atoms with Crippen LogP contribution < -0.4 is 4.90 Å². The van der Waals surface area contributed by atoms with Crippen molar-refractivity contribution in [2.75, 3.05) is 11.4 Å². The second-order valence-corrected chi connectivity index (χ2v) is 5.95. The first-order chi connectivity index (χ1) is 9.28. The molecule has 0 unspecified atom stereocenters. The molecule has 1 aromatic carbocycles. The summed E-state index contributed by atoms with van der Waals surface area (Å²) in [6.07, 6.45) is 0.537. The van der Waals surface area contributed by atoms with Crippen molar-refractivity contribution < 1.29 is 9.59 Å². The lowest BCUT2D eigenvalue weighted by molar-refractivity contribution is -0.114. The summed E-state index contributed by atoms with van der Waals surface area (Å²) in [4.78, 5) is 25.8. The first kappa shape index (κ1) is 14.3. The van der Waals surface area contributed by atoms with Crippen LogP contribution in [0.4, 0.5) is 5.69 Å². The van der Waals surface area contributed by atoms with Gasteiger partial charge in [-0.05, 0) is 45.2 Å². The summed E-state index contributed by atoms with van der Waals surface area (Å²) < 4.78 is 0. The lowest BCUT2D eigenvalue weighted by Gasteiger charge is -2.22. The number of benzene rings is 1. The molecule has 0 saturated heterocycles. The maximum atomic E-state index is 12.2. The molecule has 20 heavy (non-hydrogen) atoms. The van der Waals surface area contributed by atoms with Gasteiger partial charge < -0.3 is 4.90 Å². The Morgan fingerprint density at radius 2 is 1.80 bits per heavy atom. The average molecular weight is 270 g/mol. The number of carbonyl (C=O) groups excluding carboxylic acids is 2. The second kappa shape index (κ2) is 4.75. The largest absolute Gasteiger partial charge is 0.304 e. The van der Waals surface area contributed by atoms with E-state index in [4.69, 9.17) is 5.26 Å². The Morgan fingerprint density at radius 3 is 2.40 bits per heavy atom. The fourth-order valence-corrected chi connectivity index (χ4v) is 2.42. The quantitative estimate of drug-likeness (QED) is 0.793. The fourth-order valence-electron chi connectivity index (χ4n) is 2.42. The Morgan fingerprint density at radius 1 is 1.20 bits per heavy atom. The molecule has 1 amide bonds. The van der Waals surface area contributed by atoms with E-state index in [9.17, 15) is 9.59 Å². The predicted molar refractivity (Wildman–Crippen MR) is 76.6 cm³/mol. The second-order valence-electron chi connectivity index (χ2n) is 5.95. The molecule has 1 aromatic rings. The summed E-state index contributed by atoms with van der Waals surface area (Å²) >= 11 is 0. The molecule has 0 aliphatic carbocycles. The van der Waals surface area contributed by atoms with Gasteiger partial charge >= 0.3 is 0 Å². The number of hydrogen-bond acceptors (Lipinski definition) is 3. The molecule has 1 aliphatic rings. The Kier molecular flexibility index (Phi) is 3.39. The molecule has 0 bridgehead atoms. The van der Waals surface area contributed by atoms with Crippen molar-refractivity contribution in [2.24, 2.45) is 5.41 Å². The molecule has 0 spiro atoms. The molecule has 0 saturated carbocycles. The number of hydrogen-bond donors (Lipinski definition) is 0. The number of rotatable bonds is 3. The maximum Gasteiger partial charge on any atom is 0.299 e. The first-order valence-electron chi connectivity index (χ1n) is 6.66. The van der Waals surface area contributed by atoms with Crippen LogP contribution in [0.3, 0.4) is 0 Å². The number of Topliss-reactive ketones (excluding diaryl/α,β-unsaturated/α-hetero) is 1. The third kappa shape index (κ3) is 2.20.